The number of rotatable bonds is 36. The Bertz CT molecular complexity index is 983. The maximum absolute atomic E-state index is 13.0. The Labute approximate surface area is 312 Å². The molecule has 0 fully saturated rings. The lowest BCUT2D eigenvalue weighted by Crippen LogP contribution is -2.42. The zero-order chi connectivity index (χ0) is 37.9. The van der Waals surface area contributed by atoms with Gasteiger partial charge in [0.1, 0.15) is 13.2 Å². The standard InChI is InChI=1S/C41H76NO8P/c1-7-9-11-13-15-17-19-21-23-25-27-29-31-33-39(43)47-37-41(3,38-49-51(45,46-6)48-36-35-42(4)5)50-40(44)34-32-30-28-26-24-22-20-18-16-14-12-10-8-2/h17-20,28,30H,7-16,21-27,29,31-38H2,1-6H3/b19-17-,20-18-,30-28+/t41-,51?/m1/s1. The Morgan fingerprint density at radius 3 is 1.63 bits per heavy atom. The van der Waals surface area contributed by atoms with Gasteiger partial charge >= 0.3 is 19.8 Å². The van der Waals surface area contributed by atoms with Gasteiger partial charge in [0.05, 0.1) is 6.61 Å². The third-order valence-electron chi connectivity index (χ3n) is 8.40. The van der Waals surface area contributed by atoms with Crippen molar-refractivity contribution in [3.05, 3.63) is 36.5 Å². The maximum atomic E-state index is 13.0. The van der Waals surface area contributed by atoms with Gasteiger partial charge in [-0.1, -0.05) is 108 Å². The zero-order valence-corrected chi connectivity index (χ0v) is 34.4. The van der Waals surface area contributed by atoms with E-state index < -0.39 is 19.4 Å². The number of hydrogen-bond acceptors (Lipinski definition) is 9. The lowest BCUT2D eigenvalue weighted by molar-refractivity contribution is -0.175. The van der Waals surface area contributed by atoms with Gasteiger partial charge in [-0.25, -0.2) is 4.57 Å². The number of carbonyl (C=O) groups is 2. The van der Waals surface area contributed by atoms with Crippen molar-refractivity contribution in [1.29, 1.82) is 0 Å². The van der Waals surface area contributed by atoms with Crippen LogP contribution in [-0.4, -0.2) is 70.0 Å². The molecule has 0 amide bonds. The minimum absolute atomic E-state index is 0.126. The van der Waals surface area contributed by atoms with Crippen LogP contribution in [0.3, 0.4) is 0 Å². The molecule has 0 saturated carbocycles. The van der Waals surface area contributed by atoms with Gasteiger partial charge in [-0.15, -0.1) is 0 Å². The lowest BCUT2D eigenvalue weighted by atomic mass is 10.1. The molecule has 0 aliphatic rings. The number of phosphoric acid groups is 1. The third kappa shape index (κ3) is 32.6. The molecule has 0 radical (unpaired) electrons. The predicted octanol–water partition coefficient (Wildman–Crippen LogP) is 11.5. The summed E-state index contributed by atoms with van der Waals surface area (Å²) in [6.07, 6.45) is 36.2. The largest absolute Gasteiger partial charge is 0.474 e. The third-order valence-corrected chi connectivity index (χ3v) is 9.79. The normalized spacial score (nSPS) is 14.5. The van der Waals surface area contributed by atoms with Crippen LogP contribution >= 0.6 is 7.82 Å². The van der Waals surface area contributed by atoms with E-state index in [-0.39, 0.29) is 38.6 Å². The molecule has 2 atom stereocenters. The van der Waals surface area contributed by atoms with Crippen molar-refractivity contribution in [3.8, 4) is 0 Å². The van der Waals surface area contributed by atoms with E-state index >= 15 is 0 Å². The average Bonchev–Trinajstić information content (AvgIpc) is 3.10. The maximum Gasteiger partial charge on any atom is 0.474 e. The summed E-state index contributed by atoms with van der Waals surface area (Å²) < 4.78 is 40.4. The number of esters is 2. The second kappa shape index (κ2) is 34.0. The quantitative estimate of drug-likeness (QED) is 0.0269. The first-order valence-corrected chi connectivity index (χ1v) is 21.5. The number of phosphoric ester groups is 1. The van der Waals surface area contributed by atoms with Crippen LogP contribution in [0.25, 0.3) is 0 Å². The molecule has 0 aromatic heterocycles. The SMILES string of the molecule is CCCCCC/C=C\CCC/C=C/CCC(=O)O[C@](C)(COC(=O)CCCCCCC/C=C\CCCCCC)COP(=O)(OC)OCCN(C)C. The summed E-state index contributed by atoms with van der Waals surface area (Å²) in [5.41, 5.74) is -1.37. The molecule has 0 aliphatic carbocycles. The minimum atomic E-state index is -3.92. The number of nitrogens with zero attached hydrogens (tertiary/aromatic N) is 1. The van der Waals surface area contributed by atoms with E-state index in [0.29, 0.717) is 13.0 Å². The van der Waals surface area contributed by atoms with Crippen LogP contribution < -0.4 is 0 Å². The number of hydrogen-bond donors (Lipinski definition) is 0. The second-order valence-corrected chi connectivity index (χ2v) is 15.8. The van der Waals surface area contributed by atoms with Gasteiger partial charge in [0.25, 0.3) is 0 Å². The number of carbonyl (C=O) groups excluding carboxylic acids is 2. The molecule has 0 rings (SSSR count). The van der Waals surface area contributed by atoms with Crippen molar-refractivity contribution < 1.29 is 37.2 Å². The van der Waals surface area contributed by atoms with Crippen LogP contribution in [0.2, 0.25) is 0 Å². The summed E-state index contributed by atoms with van der Waals surface area (Å²) in [7, 11) is 1.06. The van der Waals surface area contributed by atoms with E-state index in [2.05, 4.69) is 44.2 Å². The molecule has 0 bridgehead atoms. The van der Waals surface area contributed by atoms with Gasteiger partial charge in [-0.05, 0) is 91.6 Å². The van der Waals surface area contributed by atoms with Crippen molar-refractivity contribution in [2.24, 2.45) is 0 Å². The molecule has 0 heterocycles. The second-order valence-electron chi connectivity index (χ2n) is 14.0. The minimum Gasteiger partial charge on any atom is -0.461 e. The fourth-order valence-corrected chi connectivity index (χ4v) is 6.15. The van der Waals surface area contributed by atoms with Crippen LogP contribution in [0.1, 0.15) is 162 Å². The molecule has 298 valence electrons. The Balaban J connectivity index is 4.71. The van der Waals surface area contributed by atoms with Gasteiger partial charge < -0.3 is 14.4 Å². The van der Waals surface area contributed by atoms with Crippen LogP contribution in [0.5, 0.6) is 0 Å². The molecule has 0 saturated heterocycles. The van der Waals surface area contributed by atoms with Gasteiger partial charge in [0.2, 0.25) is 0 Å². The molecule has 10 heteroatoms. The van der Waals surface area contributed by atoms with Gasteiger partial charge in [0.15, 0.2) is 5.60 Å². The van der Waals surface area contributed by atoms with E-state index in [4.69, 9.17) is 23.0 Å². The highest BCUT2D eigenvalue weighted by Gasteiger charge is 2.36. The summed E-state index contributed by atoms with van der Waals surface area (Å²) in [6, 6.07) is 0. The highest BCUT2D eigenvalue weighted by atomic mass is 31.2. The van der Waals surface area contributed by atoms with Gasteiger partial charge in [0, 0.05) is 26.5 Å². The molecule has 0 aromatic carbocycles. The van der Waals surface area contributed by atoms with Crippen LogP contribution in [0.15, 0.2) is 36.5 Å². The highest BCUT2D eigenvalue weighted by molar-refractivity contribution is 7.48. The highest BCUT2D eigenvalue weighted by Crippen LogP contribution is 2.49. The summed E-state index contributed by atoms with van der Waals surface area (Å²) >= 11 is 0. The van der Waals surface area contributed by atoms with Crippen molar-refractivity contribution >= 4 is 19.8 Å². The molecule has 0 aromatic rings. The summed E-state index contributed by atoms with van der Waals surface area (Å²) in [4.78, 5) is 27.3. The van der Waals surface area contributed by atoms with Crippen molar-refractivity contribution in [2.75, 3.05) is 47.6 Å². The fourth-order valence-electron chi connectivity index (χ4n) is 5.13. The summed E-state index contributed by atoms with van der Waals surface area (Å²) in [6.45, 7) is 6.15. The zero-order valence-electron chi connectivity index (χ0n) is 33.5. The first kappa shape index (κ1) is 49.2. The van der Waals surface area contributed by atoms with E-state index in [1.54, 1.807) is 6.92 Å². The summed E-state index contributed by atoms with van der Waals surface area (Å²) in [5, 5.41) is 0. The van der Waals surface area contributed by atoms with Crippen LogP contribution in [0.4, 0.5) is 0 Å². The smallest absolute Gasteiger partial charge is 0.461 e. The molecular weight excluding hydrogens is 665 g/mol. The Hall–Kier alpha value is -1.77. The monoisotopic (exact) mass is 742 g/mol. The van der Waals surface area contributed by atoms with E-state index in [1.165, 1.54) is 64.9 Å². The lowest BCUT2D eigenvalue weighted by Gasteiger charge is -2.30. The Morgan fingerprint density at radius 2 is 1.10 bits per heavy atom. The van der Waals surface area contributed by atoms with Gasteiger partial charge in [-0.3, -0.25) is 23.2 Å². The summed E-state index contributed by atoms with van der Waals surface area (Å²) in [5.74, 6) is -0.824. The number of likely N-dealkylation sites (N-methyl/N-ethyl adjacent to an activating group) is 1. The molecular formula is C41H76NO8P. The van der Waals surface area contributed by atoms with Gasteiger partial charge in [-0.2, -0.15) is 0 Å². The van der Waals surface area contributed by atoms with E-state index in [9.17, 15) is 14.2 Å². The Morgan fingerprint density at radius 1 is 0.608 bits per heavy atom. The topological polar surface area (TPSA) is 101 Å². The van der Waals surface area contributed by atoms with Crippen molar-refractivity contribution in [1.82, 2.24) is 4.90 Å². The first-order valence-electron chi connectivity index (χ1n) is 20.0. The Kier molecular flexibility index (Phi) is 32.8. The van der Waals surface area contributed by atoms with Crippen LogP contribution in [0, 0.1) is 0 Å². The predicted molar refractivity (Wildman–Crippen MR) is 211 cm³/mol. The molecule has 0 aliphatic heterocycles. The first-order chi connectivity index (χ1) is 24.6. The molecule has 0 N–H and O–H groups in total. The number of allylic oxidation sites excluding steroid dienone is 6. The molecule has 9 nitrogen and oxygen atoms in total. The van der Waals surface area contributed by atoms with Crippen LogP contribution in [-0.2, 0) is 37.2 Å². The molecule has 1 unspecified atom stereocenters. The molecule has 0 spiro atoms. The van der Waals surface area contributed by atoms with Crippen molar-refractivity contribution in [2.45, 2.75) is 168 Å². The average molecular weight is 742 g/mol. The number of ether oxygens (including phenoxy) is 2. The fraction of sp³-hybridized carbons (Fsp3) is 0.805. The molecule has 51 heavy (non-hydrogen) atoms. The number of unbranched alkanes of at least 4 members (excludes halogenated alkanes) is 15. The van der Waals surface area contributed by atoms with E-state index in [0.717, 1.165) is 64.2 Å². The van der Waals surface area contributed by atoms with Crippen molar-refractivity contribution in [3.63, 3.8) is 0 Å². The van der Waals surface area contributed by atoms with E-state index in [1.807, 2.05) is 25.1 Å².